The average Bonchev–Trinajstić information content (AvgIpc) is 1.57. The van der Waals surface area contributed by atoms with Crippen LogP contribution in [0.25, 0.3) is 89.2 Å². The maximum Gasteiger partial charge on any atom is 0.224 e. The van der Waals surface area contributed by atoms with E-state index in [2.05, 4.69) is 361 Å². The molecule has 4 aliphatic heterocycles. The van der Waals surface area contributed by atoms with Gasteiger partial charge in [0.05, 0.1) is 10.9 Å². The summed E-state index contributed by atoms with van der Waals surface area (Å²) in [6.07, 6.45) is 28.8. The minimum Gasteiger partial charge on any atom is -0.487 e. The molecule has 4 saturated carbocycles. The van der Waals surface area contributed by atoms with Crippen LogP contribution >= 0.6 is 0 Å². The quantitative estimate of drug-likeness (QED) is 0.149. The molecule has 8 aliphatic rings. The van der Waals surface area contributed by atoms with Crippen LogP contribution in [0.15, 0.2) is 231 Å². The third kappa shape index (κ3) is 13.2. The second kappa shape index (κ2) is 29.0. The molecular weight excluding hydrogens is 1390 g/mol. The summed E-state index contributed by atoms with van der Waals surface area (Å²) >= 11 is 0. The van der Waals surface area contributed by atoms with Crippen molar-refractivity contribution in [3.63, 3.8) is 0 Å². The maximum atomic E-state index is 7.20. The van der Waals surface area contributed by atoms with E-state index in [1.807, 2.05) is 0 Å². The molecular formula is C106H118N4O4+4. The number of aryl methyl sites for hydroxylation is 8. The number of hydrogen-bond acceptors (Lipinski definition) is 4. The Morgan fingerprint density at radius 1 is 0.307 bits per heavy atom. The third-order valence-electron chi connectivity index (χ3n) is 29.1. The van der Waals surface area contributed by atoms with Crippen LogP contribution in [0.2, 0.25) is 0 Å². The monoisotopic (exact) mass is 1510 g/mol. The molecule has 8 heteroatoms. The van der Waals surface area contributed by atoms with E-state index in [1.165, 1.54) is 242 Å². The maximum absolute atomic E-state index is 7.20. The molecule has 114 heavy (non-hydrogen) atoms. The highest BCUT2D eigenvalue weighted by Crippen LogP contribution is 2.63. The molecule has 8 heterocycles. The van der Waals surface area contributed by atoms with Crippen molar-refractivity contribution >= 4 is 10.8 Å². The molecule has 4 fully saturated rings. The van der Waals surface area contributed by atoms with Gasteiger partial charge in [-0.3, -0.25) is 0 Å². The molecule has 20 rings (SSSR count). The van der Waals surface area contributed by atoms with Crippen LogP contribution in [0, 0.1) is 27.7 Å². The first-order valence-electron chi connectivity index (χ1n) is 42.5. The van der Waals surface area contributed by atoms with Crippen molar-refractivity contribution in [3.05, 3.63) is 276 Å². The molecule has 12 aromatic rings. The van der Waals surface area contributed by atoms with E-state index in [0.29, 0.717) is 5.41 Å². The number of ether oxygens (including phenoxy) is 4. The lowest BCUT2D eigenvalue weighted by Crippen LogP contribution is -2.48. The van der Waals surface area contributed by atoms with Crippen LogP contribution < -0.4 is 37.2 Å². The second-order valence-corrected chi connectivity index (χ2v) is 37.2. The minimum absolute atomic E-state index is 0.00289. The Labute approximate surface area is 678 Å². The van der Waals surface area contributed by atoms with Crippen molar-refractivity contribution in [2.24, 2.45) is 28.2 Å². The highest BCUT2D eigenvalue weighted by atomic mass is 16.5. The van der Waals surface area contributed by atoms with Gasteiger partial charge >= 0.3 is 0 Å². The van der Waals surface area contributed by atoms with Crippen LogP contribution in [-0.4, -0.2) is 22.4 Å². The lowest BCUT2D eigenvalue weighted by atomic mass is 9.64. The zero-order valence-electron chi connectivity index (χ0n) is 70.7. The van der Waals surface area contributed by atoms with Crippen molar-refractivity contribution in [1.82, 2.24) is 0 Å². The molecule has 0 unspecified atom stereocenters. The van der Waals surface area contributed by atoms with Crippen LogP contribution in [0.5, 0.6) is 23.0 Å². The molecule has 582 valence electrons. The molecule has 4 spiro atoms. The topological polar surface area (TPSA) is 52.4 Å². The van der Waals surface area contributed by atoms with Gasteiger partial charge in [0, 0.05) is 103 Å². The van der Waals surface area contributed by atoms with Crippen molar-refractivity contribution < 1.29 is 37.2 Å². The average molecular weight is 1510 g/mol. The minimum atomic E-state index is -0.204. The molecule has 0 amide bonds. The van der Waals surface area contributed by atoms with Crippen molar-refractivity contribution in [2.75, 3.05) is 0 Å². The number of rotatable bonds is 7. The van der Waals surface area contributed by atoms with Gasteiger partial charge in [0.25, 0.3) is 0 Å². The molecule has 4 aromatic heterocycles. The molecule has 0 atom stereocenters. The first-order valence-corrected chi connectivity index (χ1v) is 42.5. The number of aromatic nitrogens is 4. The van der Waals surface area contributed by atoms with Gasteiger partial charge in [-0.25, -0.2) is 18.3 Å². The smallest absolute Gasteiger partial charge is 0.224 e. The van der Waals surface area contributed by atoms with E-state index in [1.54, 1.807) is 0 Å². The van der Waals surface area contributed by atoms with Gasteiger partial charge in [-0.2, -0.15) is 0 Å². The highest BCUT2D eigenvalue weighted by molar-refractivity contribution is 5.95. The summed E-state index contributed by atoms with van der Waals surface area (Å²) in [5.74, 6) is 4.38. The number of pyridine rings is 4. The van der Waals surface area contributed by atoms with Gasteiger partial charge in [-0.05, 0) is 247 Å². The van der Waals surface area contributed by atoms with Crippen LogP contribution in [-0.2, 0) is 49.9 Å². The lowest BCUT2D eigenvalue weighted by molar-refractivity contribution is -0.660. The molecule has 0 radical (unpaired) electrons. The number of benzene rings is 8. The SMILES string of the molecule is Cc1ccc(-c2ccc3c(c2)OC(C)(C)C3(C)C)cc1-c1cccc[n+]1C.Cc1ccc(-c2ccc3c(c2)OC2(CC2)C3(C)C)cc1-c1cccc[n+]1C.Cc1ccc(-c2ccc3c(c2)OC2(CCCC2)C3(C)C)cc1-c1cccc[n+]1C.Cc1ccc2c(c1-c1c3ccccc3cc[n+]1C)OC1(CCCCC1)CC21CCCC1. The van der Waals surface area contributed by atoms with E-state index >= 15 is 0 Å². The Kier molecular flexibility index (Phi) is 19.4. The number of hydrogen-bond donors (Lipinski definition) is 0. The van der Waals surface area contributed by atoms with Gasteiger partial charge in [0.1, 0.15) is 73.6 Å². The predicted molar refractivity (Wildman–Crippen MR) is 464 cm³/mol. The fourth-order valence-corrected chi connectivity index (χ4v) is 21.0. The van der Waals surface area contributed by atoms with E-state index < -0.39 is 0 Å². The Bertz CT molecular complexity index is 5570. The summed E-state index contributed by atoms with van der Waals surface area (Å²) in [5, 5.41) is 2.61. The lowest BCUT2D eigenvalue weighted by Gasteiger charge is -2.50. The molecule has 0 saturated heterocycles. The van der Waals surface area contributed by atoms with E-state index in [-0.39, 0.29) is 38.6 Å². The first kappa shape index (κ1) is 76.5. The van der Waals surface area contributed by atoms with Crippen molar-refractivity contribution in [1.29, 1.82) is 0 Å². The Morgan fingerprint density at radius 3 is 1.16 bits per heavy atom. The Balaban J connectivity index is 0.000000110. The van der Waals surface area contributed by atoms with E-state index in [9.17, 15) is 0 Å². The van der Waals surface area contributed by atoms with Gasteiger partial charge in [0.15, 0.2) is 24.8 Å². The number of fused-ring (bicyclic) bond motifs is 6. The molecule has 0 bridgehead atoms. The summed E-state index contributed by atoms with van der Waals surface area (Å²) in [7, 11) is 8.48. The van der Waals surface area contributed by atoms with Gasteiger partial charge in [-0.1, -0.05) is 164 Å². The standard InChI is InChI=1S/C29H34NO.C27H30NO.C25H26NO.C25H28NO/c1-21-12-13-24-27(25(21)26-23-11-5-4-10-22(23)14-19-30(26)2)31-29(17-6-3-7-18-29)20-28(24)15-8-9-16-28;1-19-10-11-20(17-22(19)24-9-5-8-16-28(24)4)21-12-13-23-25(18-21)29-27(26(23,2)3)14-6-7-15-27;1-17-8-9-18(15-20(17)22-7-5-6-14-26(22)4)19-10-11-21-23(16-19)27-25(12-13-25)24(21,2)3;1-17-10-11-18(15-20(17)22-9-7-8-14-26(22)6)19-12-13-21-23(16-19)27-25(4,5)24(21,2)3/h4-5,10-14,19H,3,6-9,15-18,20H2,1-2H3;5,8-13,16-18H,6-7,14-15H2,1-4H3;5-11,14-16H,12-13H2,1-4H3;7-16H,1-6H3/q4*+1. The normalized spacial score (nSPS) is 18.8. The zero-order valence-corrected chi connectivity index (χ0v) is 70.7. The first-order chi connectivity index (χ1) is 54.6. The second-order valence-electron chi connectivity index (χ2n) is 37.2. The molecule has 0 N–H and O–H groups in total. The largest absolute Gasteiger partial charge is 0.487 e. The zero-order chi connectivity index (χ0) is 79.5. The van der Waals surface area contributed by atoms with Crippen molar-refractivity contribution in [3.8, 4) is 101 Å². The van der Waals surface area contributed by atoms with Crippen molar-refractivity contribution in [2.45, 2.75) is 230 Å². The van der Waals surface area contributed by atoms with Crippen LogP contribution in [0.3, 0.4) is 0 Å². The summed E-state index contributed by atoms with van der Waals surface area (Å²) in [6.45, 7) is 27.0. The Morgan fingerprint density at radius 2 is 0.693 bits per heavy atom. The molecule has 8 aromatic carbocycles. The fraction of sp³-hybridized carbons (Fsp3) is 0.377. The molecule has 4 aliphatic carbocycles. The third-order valence-corrected chi connectivity index (χ3v) is 29.1. The van der Waals surface area contributed by atoms with E-state index in [4.69, 9.17) is 18.9 Å². The highest BCUT2D eigenvalue weighted by Gasteiger charge is 2.63. The van der Waals surface area contributed by atoms with E-state index in [0.717, 1.165) is 17.2 Å². The van der Waals surface area contributed by atoms with Gasteiger partial charge < -0.3 is 18.9 Å². The number of nitrogens with zero attached hydrogens (tertiary/aromatic N) is 4. The fourth-order valence-electron chi connectivity index (χ4n) is 21.0. The predicted octanol–water partition coefficient (Wildman–Crippen LogP) is 24.0. The summed E-state index contributed by atoms with van der Waals surface area (Å²) in [4.78, 5) is 0. The Hall–Kier alpha value is -10.2. The van der Waals surface area contributed by atoms with Crippen LogP contribution in [0.1, 0.15) is 203 Å². The van der Waals surface area contributed by atoms with Gasteiger partial charge in [-0.15, -0.1) is 0 Å². The summed E-state index contributed by atoms with van der Waals surface area (Å²) in [6, 6.07) is 75.3. The summed E-state index contributed by atoms with van der Waals surface area (Å²) in [5.41, 5.74) is 28.5. The summed E-state index contributed by atoms with van der Waals surface area (Å²) < 4.78 is 35.5. The van der Waals surface area contributed by atoms with Gasteiger partial charge in [0.2, 0.25) is 22.8 Å². The van der Waals surface area contributed by atoms with Crippen LogP contribution in [0.4, 0.5) is 0 Å². The molecule has 8 nitrogen and oxygen atoms in total.